The second-order valence-electron chi connectivity index (χ2n) is 9.72. The number of nitriles is 1. The Morgan fingerprint density at radius 3 is 2.37 bits per heavy atom. The van der Waals surface area contributed by atoms with Crippen LogP contribution in [0.25, 0.3) is 0 Å². The quantitative estimate of drug-likeness (QED) is 0.580. The molecule has 2 aromatic rings. The third-order valence-corrected chi connectivity index (χ3v) is 8.03. The van der Waals surface area contributed by atoms with E-state index in [9.17, 15) is 9.59 Å². The largest absolute Gasteiger partial charge is 0.474 e. The minimum absolute atomic E-state index is 0.00193. The zero-order valence-corrected chi connectivity index (χ0v) is 20.9. The fourth-order valence-corrected chi connectivity index (χ4v) is 5.34. The number of halogens is 2. The van der Waals surface area contributed by atoms with Crippen LogP contribution in [0.3, 0.4) is 0 Å². The smallest absolute Gasteiger partial charge is 0.229 e. The number of pyridine rings is 1. The molecule has 5 rings (SSSR count). The van der Waals surface area contributed by atoms with E-state index in [1.54, 1.807) is 18.2 Å². The van der Waals surface area contributed by atoms with E-state index in [0.717, 1.165) is 18.4 Å². The van der Waals surface area contributed by atoms with E-state index in [2.05, 4.69) is 11.1 Å². The molecule has 9 heteroatoms. The molecule has 2 saturated heterocycles. The normalized spacial score (nSPS) is 22.9. The maximum absolute atomic E-state index is 13.3. The van der Waals surface area contributed by atoms with Gasteiger partial charge < -0.3 is 14.5 Å². The van der Waals surface area contributed by atoms with Crippen LogP contribution >= 0.6 is 23.2 Å². The number of hydrogen-bond acceptors (Lipinski definition) is 5. The van der Waals surface area contributed by atoms with Gasteiger partial charge in [-0.2, -0.15) is 5.26 Å². The first-order valence-corrected chi connectivity index (χ1v) is 12.6. The highest BCUT2D eigenvalue weighted by atomic mass is 35.5. The number of carbonyl (C=O) groups excluding carboxylic acids is 2. The number of likely N-dealkylation sites (tertiary alicyclic amines) is 2. The van der Waals surface area contributed by atoms with Crippen LogP contribution in [0.1, 0.15) is 36.8 Å². The van der Waals surface area contributed by atoms with Gasteiger partial charge in [0, 0.05) is 56.2 Å². The Bertz CT molecular complexity index is 1170. The summed E-state index contributed by atoms with van der Waals surface area (Å²) < 4.78 is 6.14. The first kappa shape index (κ1) is 23.9. The van der Waals surface area contributed by atoms with Gasteiger partial charge in [-0.3, -0.25) is 9.59 Å². The molecule has 0 bridgehead atoms. The van der Waals surface area contributed by atoms with Crippen molar-refractivity contribution in [2.24, 2.45) is 17.8 Å². The van der Waals surface area contributed by atoms with E-state index < -0.39 is 0 Å². The fraction of sp³-hybridized carbons (Fsp3) is 0.462. The second kappa shape index (κ2) is 9.67. The molecule has 182 valence electrons. The van der Waals surface area contributed by atoms with E-state index in [0.29, 0.717) is 47.7 Å². The predicted octanol–water partition coefficient (Wildman–Crippen LogP) is 4.14. The van der Waals surface area contributed by atoms with Gasteiger partial charge in [0.05, 0.1) is 21.5 Å². The van der Waals surface area contributed by atoms with Crippen LogP contribution in [-0.2, 0) is 9.59 Å². The van der Waals surface area contributed by atoms with Crippen molar-refractivity contribution in [3.05, 3.63) is 57.7 Å². The zero-order valence-electron chi connectivity index (χ0n) is 19.4. The minimum Gasteiger partial charge on any atom is -0.474 e. The zero-order chi connectivity index (χ0) is 24.7. The van der Waals surface area contributed by atoms with Crippen LogP contribution < -0.4 is 4.74 Å². The molecule has 35 heavy (non-hydrogen) atoms. The van der Waals surface area contributed by atoms with E-state index in [1.165, 1.54) is 6.20 Å². The lowest BCUT2D eigenvalue weighted by Crippen LogP contribution is -2.56. The van der Waals surface area contributed by atoms with E-state index in [1.807, 2.05) is 28.9 Å². The van der Waals surface area contributed by atoms with Crippen molar-refractivity contribution in [1.82, 2.24) is 14.8 Å². The summed E-state index contributed by atoms with van der Waals surface area (Å²) in [5.41, 5.74) is 1.47. The number of rotatable bonds is 6. The molecule has 1 unspecified atom stereocenters. The van der Waals surface area contributed by atoms with Crippen LogP contribution in [0.5, 0.6) is 5.88 Å². The molecule has 0 N–H and O–H groups in total. The van der Waals surface area contributed by atoms with Gasteiger partial charge in [-0.25, -0.2) is 4.98 Å². The molecule has 2 amide bonds. The molecule has 3 fully saturated rings. The molecular weight excluding hydrogens is 487 g/mol. The molecule has 1 saturated carbocycles. The standard InChI is InChI=1S/C26H26Cl2N4O3/c1-15(35-24-7-2-16(9-29)10-30-24)20-13-32(14-21(20)18-5-6-22(27)23(28)8-18)26(34)19-11-31(12-19)25(33)17-3-4-17/h2,5-8,10,15,17,19-21H,3-4,11-14H2,1H3/t15-,20?,21+/m0/s1. The molecular formula is C26H26Cl2N4O3. The van der Waals surface area contributed by atoms with Gasteiger partial charge in [0.15, 0.2) is 0 Å². The molecule has 1 aromatic carbocycles. The summed E-state index contributed by atoms with van der Waals surface area (Å²) in [5.74, 6) is 0.740. The van der Waals surface area contributed by atoms with Gasteiger partial charge in [0.1, 0.15) is 12.2 Å². The Hall–Kier alpha value is -2.82. The van der Waals surface area contributed by atoms with Crippen molar-refractivity contribution in [3.63, 3.8) is 0 Å². The van der Waals surface area contributed by atoms with E-state index in [4.69, 9.17) is 33.2 Å². The molecule has 1 aromatic heterocycles. The molecule has 1 aliphatic carbocycles. The highest BCUT2D eigenvalue weighted by Crippen LogP contribution is 2.40. The maximum Gasteiger partial charge on any atom is 0.229 e. The summed E-state index contributed by atoms with van der Waals surface area (Å²) in [6.45, 7) is 4.07. The van der Waals surface area contributed by atoms with Gasteiger partial charge in [0.25, 0.3) is 0 Å². The number of benzene rings is 1. The summed E-state index contributed by atoms with van der Waals surface area (Å²) >= 11 is 12.5. The lowest BCUT2D eigenvalue weighted by molar-refractivity contribution is -0.148. The topological polar surface area (TPSA) is 86.5 Å². The lowest BCUT2D eigenvalue weighted by atomic mass is 9.86. The lowest BCUT2D eigenvalue weighted by Gasteiger charge is -2.40. The highest BCUT2D eigenvalue weighted by Gasteiger charge is 2.46. The van der Waals surface area contributed by atoms with Gasteiger partial charge in [-0.05, 0) is 43.5 Å². The van der Waals surface area contributed by atoms with Crippen LogP contribution in [-0.4, -0.2) is 58.9 Å². The Morgan fingerprint density at radius 2 is 1.74 bits per heavy atom. The van der Waals surface area contributed by atoms with E-state index >= 15 is 0 Å². The van der Waals surface area contributed by atoms with Crippen molar-refractivity contribution in [2.45, 2.75) is 31.8 Å². The number of aromatic nitrogens is 1. The molecule has 2 aliphatic heterocycles. The van der Waals surface area contributed by atoms with Crippen LogP contribution in [0.4, 0.5) is 0 Å². The van der Waals surface area contributed by atoms with E-state index in [-0.39, 0.29) is 41.6 Å². The third kappa shape index (κ3) is 4.96. The van der Waals surface area contributed by atoms with Crippen LogP contribution in [0.15, 0.2) is 36.5 Å². The van der Waals surface area contributed by atoms with Gasteiger partial charge in [-0.15, -0.1) is 0 Å². The number of ether oxygens (including phenoxy) is 1. The monoisotopic (exact) mass is 512 g/mol. The average molecular weight is 513 g/mol. The molecule has 3 aliphatic rings. The Morgan fingerprint density at radius 1 is 1.03 bits per heavy atom. The molecule has 0 radical (unpaired) electrons. The molecule has 3 heterocycles. The van der Waals surface area contributed by atoms with Crippen LogP contribution in [0, 0.1) is 29.1 Å². The molecule has 3 atom stereocenters. The Balaban J connectivity index is 1.31. The number of carbonyl (C=O) groups is 2. The minimum atomic E-state index is -0.248. The van der Waals surface area contributed by atoms with Crippen molar-refractivity contribution < 1.29 is 14.3 Å². The average Bonchev–Trinajstić information content (AvgIpc) is 3.58. The SMILES string of the molecule is C[C@H](Oc1ccc(C#N)cn1)C1CN(C(=O)C2CN(C(=O)C3CC3)C2)C[C@@H]1c1ccc(Cl)c(Cl)c1. The summed E-state index contributed by atoms with van der Waals surface area (Å²) in [4.78, 5) is 33.5. The third-order valence-electron chi connectivity index (χ3n) is 7.29. The van der Waals surface area contributed by atoms with Crippen molar-refractivity contribution in [1.29, 1.82) is 5.26 Å². The van der Waals surface area contributed by atoms with Gasteiger partial charge in [0.2, 0.25) is 17.7 Å². The first-order valence-electron chi connectivity index (χ1n) is 11.9. The number of nitrogens with zero attached hydrogens (tertiary/aromatic N) is 4. The van der Waals surface area contributed by atoms with Crippen LogP contribution in [0.2, 0.25) is 10.0 Å². The number of hydrogen-bond donors (Lipinski definition) is 0. The van der Waals surface area contributed by atoms with Gasteiger partial charge in [-0.1, -0.05) is 29.3 Å². The Labute approximate surface area is 214 Å². The first-order chi connectivity index (χ1) is 16.8. The summed E-state index contributed by atoms with van der Waals surface area (Å²) in [5, 5.41) is 9.96. The second-order valence-corrected chi connectivity index (χ2v) is 10.5. The highest BCUT2D eigenvalue weighted by molar-refractivity contribution is 6.42. The summed E-state index contributed by atoms with van der Waals surface area (Å²) in [7, 11) is 0. The molecule has 0 spiro atoms. The predicted molar refractivity (Wildman–Crippen MR) is 131 cm³/mol. The van der Waals surface area contributed by atoms with Crippen molar-refractivity contribution in [2.75, 3.05) is 26.2 Å². The van der Waals surface area contributed by atoms with Crippen molar-refractivity contribution in [3.8, 4) is 11.9 Å². The van der Waals surface area contributed by atoms with Crippen molar-refractivity contribution >= 4 is 35.0 Å². The Kier molecular flexibility index (Phi) is 6.61. The number of amides is 2. The molecule has 7 nitrogen and oxygen atoms in total. The fourth-order valence-electron chi connectivity index (χ4n) is 5.04. The summed E-state index contributed by atoms with van der Waals surface area (Å²) in [6.07, 6.45) is 3.17. The summed E-state index contributed by atoms with van der Waals surface area (Å²) in [6, 6.07) is 11.0. The van der Waals surface area contributed by atoms with Gasteiger partial charge >= 0.3 is 0 Å². The maximum atomic E-state index is 13.3.